The van der Waals surface area contributed by atoms with Gasteiger partial charge in [0.1, 0.15) is 0 Å². The minimum atomic E-state index is -0.639. The molecule has 0 aromatic heterocycles. The standard InChI is InChI=1S/C28H30N2O5/c1-3-16-6-5-7-17(4-2)25(16)29-22(31)15-35-28(34)18-10-12-21(13-11-18)30-26(32)23-19-8-9-20(14-19)24(23)27(30)33/h5-7,10-13,19-20,23-24H,3-4,8-9,14-15H2,1-2H3,(H,29,31)/t19-,20-,23-,24-/m0/s1. The number of fused-ring (bicyclic) bond motifs is 5. The first-order valence-electron chi connectivity index (χ1n) is 12.5. The molecule has 2 aromatic carbocycles. The van der Waals surface area contributed by atoms with Crippen molar-refractivity contribution < 1.29 is 23.9 Å². The second kappa shape index (κ2) is 9.29. The molecule has 7 heteroatoms. The Bertz CT molecular complexity index is 1140. The Morgan fingerprint density at radius 2 is 1.49 bits per heavy atom. The van der Waals surface area contributed by atoms with E-state index >= 15 is 0 Å². The minimum Gasteiger partial charge on any atom is -0.452 e. The largest absolute Gasteiger partial charge is 0.452 e. The van der Waals surface area contributed by atoms with Crippen molar-refractivity contribution in [2.45, 2.75) is 46.0 Å². The van der Waals surface area contributed by atoms with Gasteiger partial charge in [-0.25, -0.2) is 4.79 Å². The first-order valence-corrected chi connectivity index (χ1v) is 12.5. The van der Waals surface area contributed by atoms with Gasteiger partial charge in [-0.05, 0) is 79.3 Å². The van der Waals surface area contributed by atoms with Crippen LogP contribution in [0.4, 0.5) is 11.4 Å². The van der Waals surface area contributed by atoms with Crippen molar-refractivity contribution in [2.24, 2.45) is 23.7 Å². The van der Waals surface area contributed by atoms with Crippen molar-refractivity contribution in [3.63, 3.8) is 0 Å². The number of amides is 3. The molecular weight excluding hydrogens is 444 g/mol. The normalized spacial score (nSPS) is 24.6. The number of imide groups is 1. The van der Waals surface area contributed by atoms with Crippen molar-refractivity contribution in [1.29, 1.82) is 0 Å². The molecule has 0 unspecified atom stereocenters. The Balaban J connectivity index is 1.21. The lowest BCUT2D eigenvalue weighted by molar-refractivity contribution is -0.123. The van der Waals surface area contributed by atoms with Gasteiger partial charge in [0.25, 0.3) is 5.91 Å². The molecule has 5 rings (SSSR count). The van der Waals surface area contributed by atoms with Crippen LogP contribution < -0.4 is 10.2 Å². The fourth-order valence-electron chi connectivity index (χ4n) is 6.20. The molecule has 2 aliphatic carbocycles. The van der Waals surface area contributed by atoms with E-state index in [1.54, 1.807) is 12.1 Å². The summed E-state index contributed by atoms with van der Waals surface area (Å²) in [6.07, 6.45) is 4.60. The number of ether oxygens (including phenoxy) is 1. The van der Waals surface area contributed by atoms with E-state index in [1.807, 2.05) is 32.0 Å². The number of anilines is 2. The van der Waals surface area contributed by atoms with Crippen LogP contribution in [0.15, 0.2) is 42.5 Å². The maximum Gasteiger partial charge on any atom is 0.338 e. The maximum atomic E-state index is 13.0. The summed E-state index contributed by atoms with van der Waals surface area (Å²) in [4.78, 5) is 52.3. The third-order valence-electron chi connectivity index (χ3n) is 7.89. The molecule has 1 heterocycles. The molecule has 7 nitrogen and oxygen atoms in total. The maximum absolute atomic E-state index is 13.0. The summed E-state index contributed by atoms with van der Waals surface area (Å²) in [5.74, 6) is -0.990. The van der Waals surface area contributed by atoms with E-state index in [2.05, 4.69) is 5.32 Å². The minimum absolute atomic E-state index is 0.113. The Labute approximate surface area is 204 Å². The molecule has 2 saturated carbocycles. The molecule has 0 radical (unpaired) electrons. The summed E-state index contributed by atoms with van der Waals surface area (Å²) in [5.41, 5.74) is 3.57. The number of para-hydroxylation sites is 1. The van der Waals surface area contributed by atoms with E-state index in [-0.39, 0.29) is 29.2 Å². The quantitative estimate of drug-likeness (QED) is 0.481. The van der Waals surface area contributed by atoms with Crippen LogP contribution in [0, 0.1) is 23.7 Å². The Morgan fingerprint density at radius 1 is 0.914 bits per heavy atom. The third kappa shape index (κ3) is 4.03. The summed E-state index contributed by atoms with van der Waals surface area (Å²) in [6, 6.07) is 12.2. The summed E-state index contributed by atoms with van der Waals surface area (Å²) in [6.45, 7) is 3.64. The van der Waals surface area contributed by atoms with Crippen molar-refractivity contribution in [1.82, 2.24) is 0 Å². The van der Waals surface area contributed by atoms with Gasteiger partial charge in [-0.3, -0.25) is 19.3 Å². The average Bonchev–Trinajstić information content (AvgIpc) is 3.56. The number of benzene rings is 2. The highest BCUT2D eigenvalue weighted by Gasteiger charge is 2.61. The summed E-state index contributed by atoms with van der Waals surface area (Å²) in [5, 5.41) is 2.88. The molecule has 1 N–H and O–H groups in total. The molecule has 0 spiro atoms. The molecule has 4 atom stereocenters. The molecule has 182 valence electrons. The van der Waals surface area contributed by atoms with E-state index in [0.717, 1.165) is 48.9 Å². The number of esters is 1. The number of aryl methyl sites for hydroxylation is 2. The van der Waals surface area contributed by atoms with E-state index in [1.165, 1.54) is 17.0 Å². The lowest BCUT2D eigenvalue weighted by atomic mass is 9.81. The van der Waals surface area contributed by atoms with Crippen LogP contribution in [0.3, 0.4) is 0 Å². The average molecular weight is 475 g/mol. The molecule has 2 aromatic rings. The number of nitrogens with zero attached hydrogens (tertiary/aromatic N) is 1. The van der Waals surface area contributed by atoms with Gasteiger partial charge in [-0.2, -0.15) is 0 Å². The molecule has 2 bridgehead atoms. The Kier molecular flexibility index (Phi) is 6.17. The Morgan fingerprint density at radius 3 is 2.03 bits per heavy atom. The van der Waals surface area contributed by atoms with Crippen LogP contribution >= 0.6 is 0 Å². The lowest BCUT2D eigenvalue weighted by Crippen LogP contribution is -2.32. The fourth-order valence-corrected chi connectivity index (χ4v) is 6.20. The zero-order chi connectivity index (χ0) is 24.7. The van der Waals surface area contributed by atoms with Crippen LogP contribution in [0.2, 0.25) is 0 Å². The van der Waals surface area contributed by atoms with Gasteiger partial charge in [-0.1, -0.05) is 32.0 Å². The summed E-state index contributed by atoms with van der Waals surface area (Å²) >= 11 is 0. The first kappa shape index (κ1) is 23.3. The van der Waals surface area contributed by atoms with Gasteiger partial charge in [0, 0.05) is 5.69 Å². The molecule has 1 saturated heterocycles. The number of hydrogen-bond donors (Lipinski definition) is 1. The number of nitrogens with one attached hydrogen (secondary N) is 1. The number of carbonyl (C=O) groups excluding carboxylic acids is 4. The molecular formula is C28H30N2O5. The van der Waals surface area contributed by atoms with E-state index < -0.39 is 18.5 Å². The smallest absolute Gasteiger partial charge is 0.338 e. The highest BCUT2D eigenvalue weighted by molar-refractivity contribution is 6.22. The van der Waals surface area contributed by atoms with Gasteiger partial charge in [-0.15, -0.1) is 0 Å². The Hall–Kier alpha value is -3.48. The van der Waals surface area contributed by atoms with Crippen molar-refractivity contribution in [3.05, 3.63) is 59.2 Å². The van der Waals surface area contributed by atoms with Gasteiger partial charge < -0.3 is 10.1 Å². The van der Waals surface area contributed by atoms with E-state index in [0.29, 0.717) is 17.5 Å². The number of carbonyl (C=O) groups is 4. The van der Waals surface area contributed by atoms with E-state index in [4.69, 9.17) is 4.74 Å². The second-order valence-corrected chi connectivity index (χ2v) is 9.73. The highest BCUT2D eigenvalue weighted by Crippen LogP contribution is 2.56. The predicted molar refractivity (Wildman–Crippen MR) is 131 cm³/mol. The van der Waals surface area contributed by atoms with Crippen LogP contribution in [-0.4, -0.2) is 30.3 Å². The molecule has 1 aliphatic heterocycles. The SMILES string of the molecule is CCc1cccc(CC)c1NC(=O)COC(=O)c1ccc(N2C(=O)[C@H]3[C@H]4CC[C@@H](C4)[C@@H]3C2=O)cc1. The molecule has 35 heavy (non-hydrogen) atoms. The second-order valence-electron chi connectivity index (χ2n) is 9.73. The third-order valence-corrected chi connectivity index (χ3v) is 7.89. The lowest BCUT2D eigenvalue weighted by Gasteiger charge is -2.19. The van der Waals surface area contributed by atoms with Crippen LogP contribution in [-0.2, 0) is 32.0 Å². The van der Waals surface area contributed by atoms with Crippen molar-refractivity contribution in [3.8, 4) is 0 Å². The van der Waals surface area contributed by atoms with Gasteiger partial charge in [0.2, 0.25) is 11.8 Å². The predicted octanol–water partition coefficient (Wildman–Crippen LogP) is 4.14. The molecule has 3 amide bonds. The molecule has 3 aliphatic rings. The fraction of sp³-hybridized carbons (Fsp3) is 0.429. The van der Waals surface area contributed by atoms with Crippen LogP contribution in [0.25, 0.3) is 0 Å². The topological polar surface area (TPSA) is 92.8 Å². The van der Waals surface area contributed by atoms with Gasteiger partial charge in [0.05, 0.1) is 23.1 Å². The van der Waals surface area contributed by atoms with Crippen molar-refractivity contribution >= 4 is 35.1 Å². The summed E-state index contributed by atoms with van der Waals surface area (Å²) in [7, 11) is 0. The molecule has 3 fully saturated rings. The van der Waals surface area contributed by atoms with Crippen LogP contribution in [0.1, 0.15) is 54.6 Å². The van der Waals surface area contributed by atoms with E-state index in [9.17, 15) is 19.2 Å². The summed E-state index contributed by atoms with van der Waals surface area (Å²) < 4.78 is 5.22. The van der Waals surface area contributed by atoms with Crippen LogP contribution in [0.5, 0.6) is 0 Å². The van der Waals surface area contributed by atoms with Gasteiger partial charge in [0.15, 0.2) is 6.61 Å². The number of rotatable bonds is 7. The number of hydrogen-bond acceptors (Lipinski definition) is 5. The zero-order valence-corrected chi connectivity index (χ0v) is 20.1. The zero-order valence-electron chi connectivity index (χ0n) is 20.1. The monoisotopic (exact) mass is 474 g/mol. The highest BCUT2D eigenvalue weighted by atomic mass is 16.5. The van der Waals surface area contributed by atoms with Gasteiger partial charge >= 0.3 is 5.97 Å². The first-order chi connectivity index (χ1) is 16.9. The van der Waals surface area contributed by atoms with Crippen molar-refractivity contribution in [2.75, 3.05) is 16.8 Å².